The monoisotopic (exact) mass is 740 g/mol. The molecule has 4 heteroatoms. The molecule has 0 saturated carbocycles. The average Bonchev–Trinajstić information content (AvgIpc) is 3.66. The van der Waals surface area contributed by atoms with Crippen molar-refractivity contribution in [2.75, 3.05) is 11.5 Å². The number of hydrogen-bond acceptors (Lipinski definition) is 2. The third kappa shape index (κ3) is 7.29. The predicted octanol–water partition coefficient (Wildman–Crippen LogP) is 13.7. The minimum Gasteiger partial charge on any atom is -0.399 e. The number of allylic oxidation sites excluding steroid dienone is 4. The molecule has 0 heterocycles. The van der Waals surface area contributed by atoms with Gasteiger partial charge < -0.3 is 11.5 Å². The van der Waals surface area contributed by atoms with Crippen LogP contribution in [0, 0.1) is 11.6 Å². The molecule has 2 nitrogen and oxygen atoms in total. The van der Waals surface area contributed by atoms with Gasteiger partial charge in [0.25, 0.3) is 0 Å². The number of benzene rings is 8. The van der Waals surface area contributed by atoms with Gasteiger partial charge in [-0.3, -0.25) is 0 Å². The molecule has 0 spiro atoms. The summed E-state index contributed by atoms with van der Waals surface area (Å²) in [5.41, 5.74) is 29.6. The van der Waals surface area contributed by atoms with E-state index in [0.717, 1.165) is 100 Å². The van der Waals surface area contributed by atoms with Gasteiger partial charge in [-0.15, -0.1) is 0 Å². The van der Waals surface area contributed by atoms with Crippen LogP contribution in [0.1, 0.15) is 28.7 Å². The minimum atomic E-state index is -0.323. The molecule has 0 atom stereocenters. The van der Waals surface area contributed by atoms with Crippen LogP contribution >= 0.6 is 0 Å². The van der Waals surface area contributed by atoms with E-state index in [1.165, 1.54) is 12.1 Å². The van der Waals surface area contributed by atoms with E-state index >= 15 is 0 Å². The van der Waals surface area contributed by atoms with Gasteiger partial charge in [-0.1, -0.05) is 146 Å². The summed E-state index contributed by atoms with van der Waals surface area (Å²) in [4.78, 5) is 0. The SMILES string of the molecule is Nc1ccc(-c2ccc(-c3ccc(C4=C(c5cccc(F)c5)C(c5cccc(F)c5)=C(c5ccc(-c6ccc(-c7ccc(N)cc7)cc6)cc5)C4)cc3)cc2)cc1. The Bertz CT molecular complexity index is 2580. The van der Waals surface area contributed by atoms with Crippen molar-refractivity contribution in [3.05, 3.63) is 228 Å². The van der Waals surface area contributed by atoms with Gasteiger partial charge in [0.2, 0.25) is 0 Å². The quantitative estimate of drug-likeness (QED) is 0.152. The summed E-state index contributed by atoms with van der Waals surface area (Å²) >= 11 is 0. The summed E-state index contributed by atoms with van der Waals surface area (Å²) in [5.74, 6) is -0.646. The van der Waals surface area contributed by atoms with Crippen LogP contribution < -0.4 is 11.5 Å². The zero-order chi connectivity index (χ0) is 38.9. The van der Waals surface area contributed by atoms with Gasteiger partial charge in [-0.05, 0) is 144 Å². The molecule has 274 valence electrons. The average molecular weight is 741 g/mol. The maximum atomic E-state index is 15.0. The number of hydrogen-bond donors (Lipinski definition) is 2. The summed E-state index contributed by atoms with van der Waals surface area (Å²) in [5, 5.41) is 0. The molecule has 1 aliphatic carbocycles. The molecule has 0 unspecified atom stereocenters. The number of halogens is 2. The molecule has 4 N–H and O–H groups in total. The minimum absolute atomic E-state index is 0.323. The van der Waals surface area contributed by atoms with Crippen LogP contribution in [0.5, 0.6) is 0 Å². The van der Waals surface area contributed by atoms with Crippen molar-refractivity contribution in [3.8, 4) is 44.5 Å². The van der Waals surface area contributed by atoms with Crippen molar-refractivity contribution < 1.29 is 8.78 Å². The van der Waals surface area contributed by atoms with Crippen LogP contribution in [0.4, 0.5) is 20.2 Å². The fraction of sp³-hybridized carbons (Fsp3) is 0.0189. The van der Waals surface area contributed by atoms with Crippen molar-refractivity contribution in [1.29, 1.82) is 0 Å². The summed E-state index contributed by atoms with van der Waals surface area (Å²) < 4.78 is 30.0. The highest BCUT2D eigenvalue weighted by Crippen LogP contribution is 2.52. The molecule has 0 radical (unpaired) electrons. The lowest BCUT2D eigenvalue weighted by Gasteiger charge is -2.15. The molecule has 57 heavy (non-hydrogen) atoms. The van der Waals surface area contributed by atoms with Crippen LogP contribution in [-0.4, -0.2) is 0 Å². The highest BCUT2D eigenvalue weighted by molar-refractivity contribution is 6.27. The van der Waals surface area contributed by atoms with E-state index in [4.69, 9.17) is 11.5 Å². The Kier molecular flexibility index (Phi) is 9.37. The van der Waals surface area contributed by atoms with E-state index in [1.54, 1.807) is 24.3 Å². The Labute approximate surface area is 331 Å². The van der Waals surface area contributed by atoms with Gasteiger partial charge in [-0.2, -0.15) is 0 Å². The molecular formula is C53H38F2N2. The van der Waals surface area contributed by atoms with Crippen molar-refractivity contribution in [2.45, 2.75) is 6.42 Å². The first-order chi connectivity index (χ1) is 27.9. The van der Waals surface area contributed by atoms with Gasteiger partial charge in [0.1, 0.15) is 11.6 Å². The zero-order valence-corrected chi connectivity index (χ0v) is 31.1. The standard InChI is InChI=1S/C53H38F2N2/c54-46-5-1-3-44(31-46)52-50(42-19-15-38(16-20-42)34-7-11-36(12-8-34)40-23-27-48(56)28-24-40)33-51(53(52)45-4-2-6-47(55)32-45)43-21-17-39(18-22-43)35-9-13-37(14-10-35)41-25-29-49(57)30-26-41/h1-32H,33,56-57H2. The number of nitrogen functional groups attached to an aromatic ring is 2. The second-order valence-electron chi connectivity index (χ2n) is 14.5. The van der Waals surface area contributed by atoms with Gasteiger partial charge in [-0.25, -0.2) is 8.78 Å². The van der Waals surface area contributed by atoms with E-state index < -0.39 is 0 Å². The fourth-order valence-electron chi connectivity index (χ4n) is 7.86. The first-order valence-corrected chi connectivity index (χ1v) is 19.0. The van der Waals surface area contributed by atoms with E-state index in [1.807, 2.05) is 60.7 Å². The maximum absolute atomic E-state index is 15.0. The van der Waals surface area contributed by atoms with Crippen LogP contribution in [0.15, 0.2) is 194 Å². The topological polar surface area (TPSA) is 52.0 Å². The van der Waals surface area contributed by atoms with Crippen LogP contribution in [0.25, 0.3) is 66.8 Å². The largest absolute Gasteiger partial charge is 0.399 e. The lowest BCUT2D eigenvalue weighted by Crippen LogP contribution is -1.94. The Hall–Kier alpha value is -7.30. The van der Waals surface area contributed by atoms with Gasteiger partial charge in [0, 0.05) is 11.4 Å². The van der Waals surface area contributed by atoms with Gasteiger partial charge in [0.05, 0.1) is 0 Å². The van der Waals surface area contributed by atoms with Crippen molar-refractivity contribution in [2.24, 2.45) is 0 Å². The zero-order valence-electron chi connectivity index (χ0n) is 31.1. The molecule has 0 aliphatic heterocycles. The number of nitrogens with two attached hydrogens (primary N) is 2. The normalized spacial score (nSPS) is 12.7. The van der Waals surface area contributed by atoms with E-state index in [2.05, 4.69) is 97.1 Å². The second-order valence-corrected chi connectivity index (χ2v) is 14.5. The van der Waals surface area contributed by atoms with Crippen molar-refractivity contribution >= 4 is 33.7 Å². The summed E-state index contributed by atoms with van der Waals surface area (Å²) in [6.45, 7) is 0. The smallest absolute Gasteiger partial charge is 0.123 e. The molecular weight excluding hydrogens is 703 g/mol. The second kappa shape index (κ2) is 15.1. The Morgan fingerprint density at radius 2 is 0.526 bits per heavy atom. The molecule has 8 aromatic rings. The molecule has 0 bridgehead atoms. The summed E-state index contributed by atoms with van der Waals surface area (Å²) in [7, 11) is 0. The Balaban J connectivity index is 1.09. The molecule has 0 amide bonds. The number of rotatable bonds is 8. The van der Waals surface area contributed by atoms with Crippen LogP contribution in [0.2, 0.25) is 0 Å². The molecule has 0 saturated heterocycles. The molecule has 1 aliphatic rings. The predicted molar refractivity (Wildman–Crippen MR) is 234 cm³/mol. The molecule has 0 fully saturated rings. The third-order valence-corrected chi connectivity index (χ3v) is 10.8. The van der Waals surface area contributed by atoms with E-state index in [0.29, 0.717) is 6.42 Å². The Morgan fingerprint density at radius 3 is 0.789 bits per heavy atom. The molecule has 8 aromatic carbocycles. The first kappa shape index (κ1) is 35.4. The van der Waals surface area contributed by atoms with Gasteiger partial charge >= 0.3 is 0 Å². The first-order valence-electron chi connectivity index (χ1n) is 19.0. The molecule has 0 aromatic heterocycles. The van der Waals surface area contributed by atoms with E-state index in [-0.39, 0.29) is 11.6 Å². The highest BCUT2D eigenvalue weighted by atomic mass is 19.1. The maximum Gasteiger partial charge on any atom is 0.123 e. The lowest BCUT2D eigenvalue weighted by atomic mass is 9.88. The van der Waals surface area contributed by atoms with Crippen LogP contribution in [-0.2, 0) is 0 Å². The van der Waals surface area contributed by atoms with Crippen LogP contribution in [0.3, 0.4) is 0 Å². The van der Waals surface area contributed by atoms with E-state index in [9.17, 15) is 8.78 Å². The fourth-order valence-corrected chi connectivity index (χ4v) is 7.86. The molecule has 9 rings (SSSR count). The lowest BCUT2D eigenvalue weighted by molar-refractivity contribution is 0.626. The third-order valence-electron chi connectivity index (χ3n) is 10.8. The van der Waals surface area contributed by atoms with Crippen molar-refractivity contribution in [3.63, 3.8) is 0 Å². The number of anilines is 2. The Morgan fingerprint density at radius 1 is 0.281 bits per heavy atom. The van der Waals surface area contributed by atoms with Crippen molar-refractivity contribution in [1.82, 2.24) is 0 Å². The highest BCUT2D eigenvalue weighted by Gasteiger charge is 2.29. The van der Waals surface area contributed by atoms with Gasteiger partial charge in [0.15, 0.2) is 0 Å². The summed E-state index contributed by atoms with van der Waals surface area (Å²) in [6, 6.07) is 63.3. The summed E-state index contributed by atoms with van der Waals surface area (Å²) in [6.07, 6.45) is 0.586.